The van der Waals surface area contributed by atoms with Crippen LogP contribution in [0, 0.1) is 5.92 Å². The number of carbonyl (C=O) groups is 2. The molecule has 7 nitrogen and oxygen atoms in total. The second kappa shape index (κ2) is 12.5. The lowest BCUT2D eigenvalue weighted by Crippen LogP contribution is -2.47. The molecule has 0 saturated carbocycles. The van der Waals surface area contributed by atoms with Gasteiger partial charge in [-0.05, 0) is 50.6 Å². The van der Waals surface area contributed by atoms with Crippen molar-refractivity contribution in [3.05, 3.63) is 29.8 Å². The Morgan fingerprint density at radius 2 is 1.88 bits per heavy atom. The van der Waals surface area contributed by atoms with Crippen molar-refractivity contribution in [2.45, 2.75) is 32.8 Å². The average Bonchev–Trinajstić information content (AvgIpc) is 2.58. The van der Waals surface area contributed by atoms with Gasteiger partial charge in [-0.1, -0.05) is 6.92 Å². The molecule has 1 heterocycles. The van der Waals surface area contributed by atoms with Gasteiger partial charge in [-0.2, -0.15) is 0 Å². The number of nitrogens with two attached hydrogens (primary N) is 1. The van der Waals surface area contributed by atoms with E-state index in [-0.39, 0.29) is 29.9 Å². The fourth-order valence-corrected chi connectivity index (χ4v) is 2.63. The van der Waals surface area contributed by atoms with E-state index in [1.165, 1.54) is 12.1 Å². The van der Waals surface area contributed by atoms with Gasteiger partial charge in [0, 0.05) is 18.8 Å². The maximum atomic E-state index is 11.5. The standard InChI is InChI=1S/C11H21NO3.C7H7NO2.ClH/c1-3-6-12-7-5-10(13)9(8-12)11(14)15-4-2;8-6-3-1-5(2-4-6)7(9)10;/h9-10,13H,3-8H2,1-2H3;1-4H,8H2,(H,9,10);1H. The third-order valence-corrected chi connectivity index (χ3v) is 3.95. The molecule has 148 valence electrons. The van der Waals surface area contributed by atoms with Gasteiger partial charge in [-0.3, -0.25) is 4.79 Å². The quantitative estimate of drug-likeness (QED) is 0.522. The van der Waals surface area contributed by atoms with Gasteiger partial charge < -0.3 is 25.6 Å². The lowest BCUT2D eigenvalue weighted by atomic mass is 9.95. The summed E-state index contributed by atoms with van der Waals surface area (Å²) >= 11 is 0. The highest BCUT2D eigenvalue weighted by atomic mass is 35.5. The monoisotopic (exact) mass is 388 g/mol. The second-order valence-electron chi connectivity index (χ2n) is 5.94. The second-order valence-corrected chi connectivity index (χ2v) is 5.94. The number of aliphatic hydroxyl groups excluding tert-OH is 1. The summed E-state index contributed by atoms with van der Waals surface area (Å²) in [5.41, 5.74) is 6.17. The fraction of sp³-hybridized carbons (Fsp3) is 0.556. The van der Waals surface area contributed by atoms with Gasteiger partial charge in [0.05, 0.1) is 24.2 Å². The van der Waals surface area contributed by atoms with Crippen LogP contribution in [0.1, 0.15) is 37.0 Å². The van der Waals surface area contributed by atoms with Crippen LogP contribution < -0.4 is 5.73 Å². The van der Waals surface area contributed by atoms with Gasteiger partial charge in [-0.25, -0.2) is 4.79 Å². The minimum atomic E-state index is -0.931. The summed E-state index contributed by atoms with van der Waals surface area (Å²) in [4.78, 5) is 24.0. The number of aliphatic hydroxyl groups is 1. The summed E-state index contributed by atoms with van der Waals surface area (Å²) in [7, 11) is 0. The Morgan fingerprint density at radius 1 is 1.27 bits per heavy atom. The van der Waals surface area contributed by atoms with E-state index < -0.39 is 12.1 Å². The predicted octanol–water partition coefficient (Wildman–Crippen LogP) is 2.03. The highest BCUT2D eigenvalue weighted by molar-refractivity contribution is 5.87. The van der Waals surface area contributed by atoms with E-state index in [1.807, 2.05) is 0 Å². The van der Waals surface area contributed by atoms with Crippen molar-refractivity contribution in [2.24, 2.45) is 5.92 Å². The number of hydrogen-bond donors (Lipinski definition) is 3. The Labute approximate surface area is 160 Å². The molecule has 26 heavy (non-hydrogen) atoms. The first kappa shape index (κ1) is 24.2. The van der Waals surface area contributed by atoms with Gasteiger partial charge in [0.15, 0.2) is 0 Å². The number of anilines is 1. The number of rotatable bonds is 5. The number of piperidine rings is 1. The lowest BCUT2D eigenvalue weighted by Gasteiger charge is -2.34. The summed E-state index contributed by atoms with van der Waals surface area (Å²) in [5.74, 6) is -1.55. The molecule has 2 atom stereocenters. The van der Waals surface area contributed by atoms with Crippen LogP contribution in [0.25, 0.3) is 0 Å². The number of nitrogens with zero attached hydrogens (tertiary/aromatic N) is 1. The third-order valence-electron chi connectivity index (χ3n) is 3.95. The Balaban J connectivity index is 0.000000497. The molecule has 4 N–H and O–H groups in total. The van der Waals surface area contributed by atoms with Crippen molar-refractivity contribution in [3.63, 3.8) is 0 Å². The van der Waals surface area contributed by atoms with E-state index in [2.05, 4.69) is 11.8 Å². The molecule has 2 unspecified atom stereocenters. The zero-order chi connectivity index (χ0) is 18.8. The van der Waals surface area contributed by atoms with E-state index in [4.69, 9.17) is 15.6 Å². The maximum absolute atomic E-state index is 11.5. The number of aromatic carboxylic acids is 1. The zero-order valence-electron chi connectivity index (χ0n) is 15.3. The first-order valence-corrected chi connectivity index (χ1v) is 8.54. The van der Waals surface area contributed by atoms with Gasteiger partial charge in [0.1, 0.15) is 0 Å². The molecule has 0 radical (unpaired) electrons. The number of likely N-dealkylation sites (tertiary alicyclic amines) is 1. The van der Waals surface area contributed by atoms with Crippen molar-refractivity contribution in [3.8, 4) is 0 Å². The molecule has 0 amide bonds. The summed E-state index contributed by atoms with van der Waals surface area (Å²) in [6, 6.07) is 6.06. The molecule has 1 aliphatic heterocycles. The SMILES string of the molecule is CCCN1CCC(O)C(C(=O)OCC)C1.Cl.Nc1ccc(C(=O)O)cc1. The molecule has 0 spiro atoms. The number of benzene rings is 1. The van der Waals surface area contributed by atoms with Gasteiger partial charge in [0.2, 0.25) is 0 Å². The number of halogens is 1. The van der Waals surface area contributed by atoms with Crippen molar-refractivity contribution >= 4 is 30.0 Å². The molecule has 0 aliphatic carbocycles. The van der Waals surface area contributed by atoms with Crippen molar-refractivity contribution in [1.29, 1.82) is 0 Å². The van der Waals surface area contributed by atoms with Crippen LogP contribution in [0.3, 0.4) is 0 Å². The molecular formula is C18H29ClN2O5. The normalized spacial score (nSPS) is 19.5. The smallest absolute Gasteiger partial charge is 0.335 e. The minimum absolute atomic E-state index is 0. The topological polar surface area (TPSA) is 113 Å². The van der Waals surface area contributed by atoms with E-state index in [0.29, 0.717) is 25.3 Å². The summed E-state index contributed by atoms with van der Waals surface area (Å²) in [6.45, 7) is 6.79. The van der Waals surface area contributed by atoms with Crippen LogP contribution in [0.4, 0.5) is 5.69 Å². The fourth-order valence-electron chi connectivity index (χ4n) is 2.63. The minimum Gasteiger partial charge on any atom is -0.478 e. The molecule has 1 saturated heterocycles. The Bertz CT molecular complexity index is 553. The van der Waals surface area contributed by atoms with E-state index in [1.54, 1.807) is 19.1 Å². The Kier molecular flexibility index (Phi) is 11.6. The van der Waals surface area contributed by atoms with E-state index in [0.717, 1.165) is 19.5 Å². The first-order valence-electron chi connectivity index (χ1n) is 8.54. The van der Waals surface area contributed by atoms with Gasteiger partial charge in [-0.15, -0.1) is 12.4 Å². The molecule has 1 fully saturated rings. The number of ether oxygens (including phenoxy) is 1. The molecule has 8 heteroatoms. The molecule has 1 aromatic rings. The molecule has 0 aromatic heterocycles. The summed E-state index contributed by atoms with van der Waals surface area (Å²) in [6.07, 6.45) is 1.21. The lowest BCUT2D eigenvalue weighted by molar-refractivity contribution is -0.155. The number of esters is 1. The van der Waals surface area contributed by atoms with Gasteiger partial charge in [0.25, 0.3) is 0 Å². The number of carboxylic acid groups (broad SMARTS) is 1. The molecule has 1 aliphatic rings. The largest absolute Gasteiger partial charge is 0.478 e. The maximum Gasteiger partial charge on any atom is 0.335 e. The van der Waals surface area contributed by atoms with Crippen LogP contribution in [-0.4, -0.2) is 59.4 Å². The van der Waals surface area contributed by atoms with Crippen LogP contribution in [0.2, 0.25) is 0 Å². The molecule has 1 aromatic carbocycles. The zero-order valence-corrected chi connectivity index (χ0v) is 16.1. The van der Waals surface area contributed by atoms with Crippen molar-refractivity contribution in [2.75, 3.05) is 32.0 Å². The predicted molar refractivity (Wildman–Crippen MR) is 103 cm³/mol. The first-order chi connectivity index (χ1) is 11.9. The summed E-state index contributed by atoms with van der Waals surface area (Å²) in [5, 5.41) is 18.2. The van der Waals surface area contributed by atoms with Crippen molar-refractivity contribution < 1.29 is 24.5 Å². The van der Waals surface area contributed by atoms with Crippen LogP contribution in [-0.2, 0) is 9.53 Å². The highest BCUT2D eigenvalue weighted by Crippen LogP contribution is 2.18. The highest BCUT2D eigenvalue weighted by Gasteiger charge is 2.33. The average molecular weight is 389 g/mol. The van der Waals surface area contributed by atoms with E-state index in [9.17, 15) is 14.7 Å². The molecular weight excluding hydrogens is 360 g/mol. The molecule has 0 bridgehead atoms. The van der Waals surface area contributed by atoms with Crippen LogP contribution >= 0.6 is 12.4 Å². The number of carboxylic acids is 1. The van der Waals surface area contributed by atoms with Crippen LogP contribution in [0.5, 0.6) is 0 Å². The number of hydrogen-bond acceptors (Lipinski definition) is 6. The molecule has 2 rings (SSSR count). The van der Waals surface area contributed by atoms with Crippen LogP contribution in [0.15, 0.2) is 24.3 Å². The number of nitrogen functional groups attached to an aromatic ring is 1. The number of carbonyl (C=O) groups excluding carboxylic acids is 1. The van der Waals surface area contributed by atoms with Gasteiger partial charge >= 0.3 is 11.9 Å². The Morgan fingerprint density at radius 3 is 2.38 bits per heavy atom. The third kappa shape index (κ3) is 8.03. The Hall–Kier alpha value is -1.83. The van der Waals surface area contributed by atoms with Crippen molar-refractivity contribution in [1.82, 2.24) is 4.90 Å². The van der Waals surface area contributed by atoms with E-state index >= 15 is 0 Å². The summed E-state index contributed by atoms with van der Waals surface area (Å²) < 4.78 is 4.95.